The Balaban J connectivity index is 1.78. The standard InChI is InChI=1S/C19H27N3O/c1-14-11-15(2)13-16(12-14)22-17-5-3-4-10-21(17)19(18(22)23)6-8-20-9-7-19/h11-13,17,20H,3-10H2,1-2H3/t17-/m0/s1. The Morgan fingerprint density at radius 2 is 1.78 bits per heavy atom. The molecule has 3 fully saturated rings. The maximum absolute atomic E-state index is 13.5. The molecular weight excluding hydrogens is 286 g/mol. The zero-order valence-corrected chi connectivity index (χ0v) is 14.3. The highest BCUT2D eigenvalue weighted by Gasteiger charge is 2.57. The SMILES string of the molecule is Cc1cc(C)cc(N2C(=O)C3(CCNCC3)N3CCCC[C@H]23)c1. The number of anilines is 1. The molecule has 1 atom stereocenters. The molecule has 0 radical (unpaired) electrons. The fourth-order valence-corrected chi connectivity index (χ4v) is 4.88. The number of carbonyl (C=O) groups excluding carboxylic acids is 1. The van der Waals surface area contributed by atoms with E-state index in [1.165, 1.54) is 24.0 Å². The predicted octanol–water partition coefficient (Wildman–Crippen LogP) is 2.58. The highest BCUT2D eigenvalue weighted by Crippen LogP contribution is 2.44. The van der Waals surface area contributed by atoms with E-state index >= 15 is 0 Å². The summed E-state index contributed by atoms with van der Waals surface area (Å²) in [6, 6.07) is 6.54. The van der Waals surface area contributed by atoms with Crippen molar-refractivity contribution in [2.24, 2.45) is 0 Å². The molecule has 0 aliphatic carbocycles. The first kappa shape index (κ1) is 15.2. The van der Waals surface area contributed by atoms with E-state index in [1.807, 2.05) is 0 Å². The Morgan fingerprint density at radius 3 is 2.48 bits per heavy atom. The molecule has 4 rings (SSSR count). The topological polar surface area (TPSA) is 35.6 Å². The van der Waals surface area contributed by atoms with Crippen LogP contribution in [-0.2, 0) is 4.79 Å². The van der Waals surface area contributed by atoms with Crippen LogP contribution in [-0.4, -0.2) is 42.1 Å². The van der Waals surface area contributed by atoms with Crippen molar-refractivity contribution in [1.82, 2.24) is 10.2 Å². The average Bonchev–Trinajstić information content (AvgIpc) is 2.77. The van der Waals surface area contributed by atoms with Crippen molar-refractivity contribution in [3.05, 3.63) is 29.3 Å². The van der Waals surface area contributed by atoms with Crippen LogP contribution in [0.4, 0.5) is 5.69 Å². The van der Waals surface area contributed by atoms with Crippen LogP contribution in [0, 0.1) is 13.8 Å². The molecule has 0 aromatic heterocycles. The van der Waals surface area contributed by atoms with Crippen molar-refractivity contribution in [1.29, 1.82) is 0 Å². The van der Waals surface area contributed by atoms with Crippen molar-refractivity contribution >= 4 is 11.6 Å². The van der Waals surface area contributed by atoms with E-state index in [9.17, 15) is 4.79 Å². The van der Waals surface area contributed by atoms with E-state index in [-0.39, 0.29) is 11.7 Å². The van der Waals surface area contributed by atoms with Crippen molar-refractivity contribution in [3.63, 3.8) is 0 Å². The van der Waals surface area contributed by atoms with E-state index in [1.54, 1.807) is 0 Å². The Kier molecular flexibility index (Phi) is 3.69. The molecule has 0 bridgehead atoms. The molecule has 4 heteroatoms. The number of hydrogen-bond donors (Lipinski definition) is 1. The second-order valence-electron chi connectivity index (χ2n) is 7.47. The van der Waals surface area contributed by atoms with Gasteiger partial charge >= 0.3 is 0 Å². The fraction of sp³-hybridized carbons (Fsp3) is 0.632. The zero-order valence-electron chi connectivity index (χ0n) is 14.3. The summed E-state index contributed by atoms with van der Waals surface area (Å²) in [5.74, 6) is 0.343. The van der Waals surface area contributed by atoms with Gasteiger partial charge in [0.25, 0.3) is 0 Å². The van der Waals surface area contributed by atoms with E-state index in [2.05, 4.69) is 47.2 Å². The summed E-state index contributed by atoms with van der Waals surface area (Å²) in [7, 11) is 0. The predicted molar refractivity (Wildman–Crippen MR) is 92.6 cm³/mol. The molecule has 0 unspecified atom stereocenters. The van der Waals surface area contributed by atoms with Crippen LogP contribution >= 0.6 is 0 Å². The van der Waals surface area contributed by atoms with Gasteiger partial charge in [-0.05, 0) is 82.3 Å². The number of piperidine rings is 2. The zero-order chi connectivity index (χ0) is 16.0. The van der Waals surface area contributed by atoms with Gasteiger partial charge in [-0.25, -0.2) is 0 Å². The Bertz CT molecular complexity index is 601. The van der Waals surface area contributed by atoms with Crippen molar-refractivity contribution in [2.75, 3.05) is 24.5 Å². The summed E-state index contributed by atoms with van der Waals surface area (Å²) in [6.45, 7) is 7.22. The molecular formula is C19H27N3O. The van der Waals surface area contributed by atoms with E-state index in [0.717, 1.165) is 44.6 Å². The van der Waals surface area contributed by atoms with Gasteiger partial charge in [-0.3, -0.25) is 14.6 Å². The molecule has 23 heavy (non-hydrogen) atoms. The van der Waals surface area contributed by atoms with Crippen LogP contribution in [0.1, 0.15) is 43.2 Å². The fourth-order valence-electron chi connectivity index (χ4n) is 4.88. The smallest absolute Gasteiger partial charge is 0.248 e. The molecule has 3 aliphatic heterocycles. The number of hydrogen-bond acceptors (Lipinski definition) is 3. The lowest BCUT2D eigenvalue weighted by Gasteiger charge is -2.42. The van der Waals surface area contributed by atoms with Crippen LogP contribution in [0.5, 0.6) is 0 Å². The van der Waals surface area contributed by atoms with Gasteiger partial charge in [0, 0.05) is 12.2 Å². The van der Waals surface area contributed by atoms with Gasteiger partial charge in [-0.15, -0.1) is 0 Å². The van der Waals surface area contributed by atoms with E-state index < -0.39 is 0 Å². The van der Waals surface area contributed by atoms with Crippen LogP contribution in [0.3, 0.4) is 0 Å². The minimum Gasteiger partial charge on any atom is -0.317 e. The van der Waals surface area contributed by atoms with Gasteiger partial charge < -0.3 is 5.32 Å². The number of amides is 1. The van der Waals surface area contributed by atoms with E-state index in [0.29, 0.717) is 5.91 Å². The molecule has 0 saturated carbocycles. The lowest BCUT2D eigenvalue weighted by Crippen LogP contribution is -2.57. The largest absolute Gasteiger partial charge is 0.317 e. The summed E-state index contributed by atoms with van der Waals surface area (Å²) < 4.78 is 0. The van der Waals surface area contributed by atoms with Crippen LogP contribution in [0.2, 0.25) is 0 Å². The minimum atomic E-state index is -0.256. The third-order valence-corrected chi connectivity index (χ3v) is 5.85. The maximum atomic E-state index is 13.5. The normalized spacial score (nSPS) is 27.5. The number of nitrogens with zero attached hydrogens (tertiary/aromatic N) is 2. The lowest BCUT2D eigenvalue weighted by atomic mass is 9.85. The average molecular weight is 313 g/mol. The van der Waals surface area contributed by atoms with Gasteiger partial charge in [0.05, 0.1) is 6.17 Å². The Hall–Kier alpha value is -1.39. The molecule has 1 aromatic carbocycles. The summed E-state index contributed by atoms with van der Waals surface area (Å²) in [5, 5.41) is 3.43. The second-order valence-corrected chi connectivity index (χ2v) is 7.47. The van der Waals surface area contributed by atoms with Crippen molar-refractivity contribution in [2.45, 2.75) is 57.7 Å². The van der Waals surface area contributed by atoms with Crippen molar-refractivity contribution < 1.29 is 4.79 Å². The maximum Gasteiger partial charge on any atom is 0.248 e. The molecule has 3 aliphatic rings. The molecule has 1 spiro atoms. The number of rotatable bonds is 1. The third-order valence-electron chi connectivity index (χ3n) is 5.85. The minimum absolute atomic E-state index is 0.256. The van der Waals surface area contributed by atoms with Gasteiger partial charge in [0.1, 0.15) is 5.54 Å². The highest BCUT2D eigenvalue weighted by atomic mass is 16.2. The summed E-state index contributed by atoms with van der Waals surface area (Å²) in [4.78, 5) is 18.2. The molecule has 124 valence electrons. The van der Waals surface area contributed by atoms with Gasteiger partial charge in [-0.2, -0.15) is 0 Å². The lowest BCUT2D eigenvalue weighted by molar-refractivity contribution is -0.126. The molecule has 3 saturated heterocycles. The van der Waals surface area contributed by atoms with Crippen molar-refractivity contribution in [3.8, 4) is 0 Å². The summed E-state index contributed by atoms with van der Waals surface area (Å²) in [6.07, 6.45) is 5.71. The number of aryl methyl sites for hydroxylation is 2. The van der Waals surface area contributed by atoms with Gasteiger partial charge in [0.2, 0.25) is 5.91 Å². The number of carbonyl (C=O) groups is 1. The van der Waals surface area contributed by atoms with Crippen LogP contribution < -0.4 is 10.2 Å². The second kappa shape index (κ2) is 5.60. The number of benzene rings is 1. The van der Waals surface area contributed by atoms with Gasteiger partial charge in [0.15, 0.2) is 0 Å². The molecule has 1 aromatic rings. The highest BCUT2D eigenvalue weighted by molar-refractivity contribution is 6.03. The van der Waals surface area contributed by atoms with E-state index in [4.69, 9.17) is 0 Å². The Morgan fingerprint density at radius 1 is 1.09 bits per heavy atom. The summed E-state index contributed by atoms with van der Waals surface area (Å²) in [5.41, 5.74) is 3.32. The third kappa shape index (κ3) is 2.31. The van der Waals surface area contributed by atoms with Gasteiger partial charge in [-0.1, -0.05) is 6.07 Å². The first-order valence-electron chi connectivity index (χ1n) is 9.01. The number of nitrogens with one attached hydrogen (secondary N) is 1. The van der Waals surface area contributed by atoms with Crippen LogP contribution in [0.15, 0.2) is 18.2 Å². The molecule has 1 N–H and O–H groups in total. The van der Waals surface area contributed by atoms with Crippen LogP contribution in [0.25, 0.3) is 0 Å². The Labute approximate surface area is 138 Å². The number of fused-ring (bicyclic) bond motifs is 2. The first-order chi connectivity index (χ1) is 11.1. The first-order valence-corrected chi connectivity index (χ1v) is 9.01. The quantitative estimate of drug-likeness (QED) is 0.865. The molecule has 1 amide bonds. The molecule has 4 nitrogen and oxygen atoms in total. The summed E-state index contributed by atoms with van der Waals surface area (Å²) >= 11 is 0. The monoisotopic (exact) mass is 313 g/mol. The molecule has 3 heterocycles.